The van der Waals surface area contributed by atoms with Gasteiger partial charge in [0, 0.05) is 21.3 Å². The van der Waals surface area contributed by atoms with Crippen molar-refractivity contribution in [2.24, 2.45) is 5.92 Å². The van der Waals surface area contributed by atoms with E-state index in [1.165, 1.54) is 25.7 Å². The third-order valence-corrected chi connectivity index (χ3v) is 8.77. The van der Waals surface area contributed by atoms with E-state index in [-0.39, 0.29) is 5.22 Å². The van der Waals surface area contributed by atoms with Gasteiger partial charge in [0.2, 0.25) is 0 Å². The number of hydrogen-bond acceptors (Lipinski definition) is 3. The zero-order valence-corrected chi connectivity index (χ0v) is 12.3. The van der Waals surface area contributed by atoms with Crippen LogP contribution in [0.3, 0.4) is 0 Å². The average Bonchev–Trinajstić information content (AvgIpc) is 2.32. The number of ether oxygens (including phenoxy) is 1. The summed E-state index contributed by atoms with van der Waals surface area (Å²) in [4.78, 5) is 0. The minimum atomic E-state index is -2.21. The number of hydrogen-bond donors (Lipinski definition) is 0. The van der Waals surface area contributed by atoms with Crippen molar-refractivity contribution in [3.05, 3.63) is 0 Å². The normalized spacial score (nSPS) is 33.9. The molecule has 16 heavy (non-hydrogen) atoms. The van der Waals surface area contributed by atoms with E-state index in [9.17, 15) is 0 Å². The molecular weight excluding hydrogens is 220 g/mol. The first-order valence-corrected chi connectivity index (χ1v) is 8.28. The Kier molecular flexibility index (Phi) is 4.98. The summed E-state index contributed by atoms with van der Waals surface area (Å²) in [6.45, 7) is 4.42. The molecular formula is C12H26O3Si. The average molecular weight is 246 g/mol. The SMILES string of the molecule is CCCC1CCC[Si](OC)(OC)C1(C)OC. The van der Waals surface area contributed by atoms with Crippen LogP contribution in [0, 0.1) is 5.92 Å². The van der Waals surface area contributed by atoms with E-state index in [0.717, 1.165) is 6.04 Å². The Bertz CT molecular complexity index is 216. The van der Waals surface area contributed by atoms with Crippen LogP contribution in [0.2, 0.25) is 6.04 Å². The maximum absolute atomic E-state index is 5.85. The van der Waals surface area contributed by atoms with Gasteiger partial charge in [0.25, 0.3) is 0 Å². The zero-order valence-electron chi connectivity index (χ0n) is 11.3. The quantitative estimate of drug-likeness (QED) is 0.698. The van der Waals surface area contributed by atoms with E-state index in [1.807, 2.05) is 0 Å². The molecule has 0 saturated carbocycles. The number of methoxy groups -OCH3 is 1. The fourth-order valence-electron chi connectivity index (χ4n) is 3.20. The molecule has 0 aromatic rings. The smallest absolute Gasteiger partial charge is 0.370 e. The lowest BCUT2D eigenvalue weighted by atomic mass is 9.92. The van der Waals surface area contributed by atoms with Gasteiger partial charge in [-0.15, -0.1) is 0 Å². The molecule has 0 radical (unpaired) electrons. The van der Waals surface area contributed by atoms with Crippen LogP contribution >= 0.6 is 0 Å². The van der Waals surface area contributed by atoms with Crippen molar-refractivity contribution in [1.82, 2.24) is 0 Å². The van der Waals surface area contributed by atoms with Crippen molar-refractivity contribution < 1.29 is 13.6 Å². The van der Waals surface area contributed by atoms with Gasteiger partial charge in [-0.05, 0) is 31.7 Å². The Morgan fingerprint density at radius 3 is 2.31 bits per heavy atom. The van der Waals surface area contributed by atoms with E-state index >= 15 is 0 Å². The van der Waals surface area contributed by atoms with Crippen LogP contribution in [-0.4, -0.2) is 35.1 Å². The van der Waals surface area contributed by atoms with Crippen molar-refractivity contribution in [2.75, 3.05) is 21.3 Å². The molecule has 96 valence electrons. The highest BCUT2D eigenvalue weighted by atomic mass is 28.4. The highest BCUT2D eigenvalue weighted by Crippen LogP contribution is 2.45. The first-order valence-electron chi connectivity index (χ1n) is 6.25. The lowest BCUT2D eigenvalue weighted by Crippen LogP contribution is -2.66. The summed E-state index contributed by atoms with van der Waals surface area (Å²) in [5.74, 6) is 0.572. The first-order chi connectivity index (χ1) is 7.60. The molecule has 3 nitrogen and oxygen atoms in total. The number of rotatable bonds is 5. The van der Waals surface area contributed by atoms with Gasteiger partial charge >= 0.3 is 8.56 Å². The van der Waals surface area contributed by atoms with Crippen molar-refractivity contribution >= 4 is 8.56 Å². The standard InChI is InChI=1S/C12H26O3Si/c1-6-8-11-9-7-10-16(14-4,15-5)12(11,2)13-3/h11H,6-10H2,1-5H3. The second kappa shape index (κ2) is 5.62. The van der Waals surface area contributed by atoms with Gasteiger partial charge in [-0.3, -0.25) is 0 Å². The predicted molar refractivity (Wildman–Crippen MR) is 67.6 cm³/mol. The van der Waals surface area contributed by atoms with Gasteiger partial charge in [-0.25, -0.2) is 0 Å². The van der Waals surface area contributed by atoms with Gasteiger partial charge in [-0.1, -0.05) is 19.8 Å². The highest BCUT2D eigenvalue weighted by Gasteiger charge is 2.60. The molecule has 1 aliphatic heterocycles. The van der Waals surface area contributed by atoms with Gasteiger partial charge < -0.3 is 13.6 Å². The summed E-state index contributed by atoms with van der Waals surface area (Å²) >= 11 is 0. The molecule has 0 amide bonds. The summed E-state index contributed by atoms with van der Waals surface area (Å²) in [6, 6.07) is 1.05. The minimum absolute atomic E-state index is 0.204. The molecule has 0 aliphatic carbocycles. The monoisotopic (exact) mass is 246 g/mol. The maximum Gasteiger partial charge on any atom is 0.370 e. The van der Waals surface area contributed by atoms with E-state index in [1.54, 1.807) is 21.3 Å². The van der Waals surface area contributed by atoms with Gasteiger partial charge in [0.15, 0.2) is 0 Å². The summed E-state index contributed by atoms with van der Waals surface area (Å²) in [5.41, 5.74) is 0. The van der Waals surface area contributed by atoms with E-state index < -0.39 is 8.56 Å². The molecule has 1 saturated heterocycles. The fraction of sp³-hybridized carbons (Fsp3) is 1.00. The van der Waals surface area contributed by atoms with Crippen molar-refractivity contribution in [3.8, 4) is 0 Å². The van der Waals surface area contributed by atoms with Crippen LogP contribution in [0.4, 0.5) is 0 Å². The molecule has 1 rings (SSSR count). The van der Waals surface area contributed by atoms with Crippen LogP contribution in [-0.2, 0) is 13.6 Å². The maximum atomic E-state index is 5.85. The Morgan fingerprint density at radius 2 is 1.88 bits per heavy atom. The molecule has 4 heteroatoms. The molecule has 0 N–H and O–H groups in total. The van der Waals surface area contributed by atoms with Crippen LogP contribution in [0.25, 0.3) is 0 Å². The third-order valence-electron chi connectivity index (χ3n) is 4.31. The predicted octanol–water partition coefficient (Wildman–Crippen LogP) is 2.88. The summed E-state index contributed by atoms with van der Waals surface area (Å²) < 4.78 is 17.5. The van der Waals surface area contributed by atoms with Gasteiger partial charge in [0.05, 0.1) is 0 Å². The Hall–Kier alpha value is 0.0969. The largest absolute Gasteiger partial charge is 0.396 e. The molecule has 2 atom stereocenters. The highest BCUT2D eigenvalue weighted by molar-refractivity contribution is 6.70. The topological polar surface area (TPSA) is 27.7 Å². The van der Waals surface area contributed by atoms with Crippen LogP contribution < -0.4 is 0 Å². The van der Waals surface area contributed by atoms with E-state index in [0.29, 0.717) is 5.92 Å². The molecule has 2 unspecified atom stereocenters. The summed E-state index contributed by atoms with van der Waals surface area (Å²) in [6.07, 6.45) is 4.84. The van der Waals surface area contributed by atoms with Crippen LogP contribution in [0.15, 0.2) is 0 Å². The van der Waals surface area contributed by atoms with Gasteiger partial charge in [-0.2, -0.15) is 0 Å². The molecule has 0 bridgehead atoms. The zero-order chi connectivity index (χ0) is 12.2. The second-order valence-electron chi connectivity index (χ2n) is 4.85. The van der Waals surface area contributed by atoms with Crippen molar-refractivity contribution in [3.63, 3.8) is 0 Å². The lowest BCUT2D eigenvalue weighted by molar-refractivity contribution is -0.0373. The Morgan fingerprint density at radius 1 is 1.25 bits per heavy atom. The van der Waals surface area contributed by atoms with Crippen LogP contribution in [0.5, 0.6) is 0 Å². The third kappa shape index (κ3) is 2.08. The summed E-state index contributed by atoms with van der Waals surface area (Å²) in [7, 11) is 3.15. The molecule has 1 fully saturated rings. The molecule has 0 spiro atoms. The fourth-order valence-corrected chi connectivity index (χ4v) is 6.97. The van der Waals surface area contributed by atoms with E-state index in [2.05, 4.69) is 13.8 Å². The molecule has 0 aromatic carbocycles. The Balaban J connectivity index is 2.99. The summed E-state index contributed by atoms with van der Waals surface area (Å²) in [5, 5.41) is -0.204. The van der Waals surface area contributed by atoms with Crippen molar-refractivity contribution in [1.29, 1.82) is 0 Å². The minimum Gasteiger partial charge on any atom is -0.396 e. The molecule has 1 aliphatic rings. The molecule has 0 aromatic heterocycles. The lowest BCUT2D eigenvalue weighted by Gasteiger charge is -2.50. The van der Waals surface area contributed by atoms with Gasteiger partial charge in [0.1, 0.15) is 5.22 Å². The molecule has 1 heterocycles. The Labute approximate surface area is 101 Å². The van der Waals surface area contributed by atoms with Crippen molar-refractivity contribution in [2.45, 2.75) is 50.8 Å². The van der Waals surface area contributed by atoms with Crippen LogP contribution in [0.1, 0.15) is 39.5 Å². The second-order valence-corrected chi connectivity index (χ2v) is 8.67. The van der Waals surface area contributed by atoms with E-state index in [4.69, 9.17) is 13.6 Å². The first kappa shape index (κ1) is 14.2.